The van der Waals surface area contributed by atoms with Crippen LogP contribution >= 0.6 is 11.6 Å². The van der Waals surface area contributed by atoms with E-state index in [1.165, 1.54) is 5.56 Å². The van der Waals surface area contributed by atoms with Crippen molar-refractivity contribution in [2.45, 2.75) is 20.4 Å². The van der Waals surface area contributed by atoms with E-state index in [9.17, 15) is 0 Å². The third kappa shape index (κ3) is 3.49. The van der Waals surface area contributed by atoms with Crippen LogP contribution in [-0.2, 0) is 6.54 Å². The van der Waals surface area contributed by atoms with Crippen molar-refractivity contribution in [1.82, 2.24) is 5.32 Å². The summed E-state index contributed by atoms with van der Waals surface area (Å²) in [6, 6.07) is 12.0. The molecule has 0 aliphatic rings. The molecule has 0 aliphatic carbocycles. The highest BCUT2D eigenvalue weighted by atomic mass is 35.5. The van der Waals surface area contributed by atoms with Crippen LogP contribution in [0.4, 0.5) is 0 Å². The summed E-state index contributed by atoms with van der Waals surface area (Å²) in [5.74, 6) is 1.55. The van der Waals surface area contributed by atoms with E-state index in [1.807, 2.05) is 45.2 Å². The first-order valence-electron chi connectivity index (χ1n) is 6.28. The maximum atomic E-state index is 6.16. The van der Waals surface area contributed by atoms with E-state index < -0.39 is 0 Å². The van der Waals surface area contributed by atoms with Crippen molar-refractivity contribution in [3.63, 3.8) is 0 Å². The Bertz CT molecular complexity index is 581. The highest BCUT2D eigenvalue weighted by Crippen LogP contribution is 2.32. The van der Waals surface area contributed by atoms with Crippen LogP contribution in [-0.4, -0.2) is 7.05 Å². The number of ether oxygens (including phenoxy) is 1. The summed E-state index contributed by atoms with van der Waals surface area (Å²) in [4.78, 5) is 0. The molecule has 2 rings (SSSR count). The summed E-state index contributed by atoms with van der Waals surface area (Å²) in [5, 5.41) is 3.76. The number of hydrogen-bond donors (Lipinski definition) is 1. The first-order valence-corrected chi connectivity index (χ1v) is 6.66. The second-order valence-electron chi connectivity index (χ2n) is 4.67. The average molecular weight is 276 g/mol. The summed E-state index contributed by atoms with van der Waals surface area (Å²) in [7, 11) is 1.93. The zero-order valence-corrected chi connectivity index (χ0v) is 12.2. The van der Waals surface area contributed by atoms with Gasteiger partial charge < -0.3 is 10.1 Å². The molecule has 0 saturated heterocycles. The smallest absolute Gasteiger partial charge is 0.146 e. The van der Waals surface area contributed by atoms with Crippen molar-refractivity contribution in [2.24, 2.45) is 0 Å². The van der Waals surface area contributed by atoms with Crippen LogP contribution in [0.2, 0.25) is 5.02 Å². The Labute approximate surface area is 119 Å². The van der Waals surface area contributed by atoms with E-state index in [-0.39, 0.29) is 0 Å². The lowest BCUT2D eigenvalue weighted by atomic mass is 10.1. The van der Waals surface area contributed by atoms with E-state index in [0.717, 1.165) is 23.4 Å². The highest BCUT2D eigenvalue weighted by molar-refractivity contribution is 6.32. The molecule has 0 atom stereocenters. The fourth-order valence-electron chi connectivity index (χ4n) is 1.88. The summed E-state index contributed by atoms with van der Waals surface area (Å²) in [5.41, 5.74) is 3.41. The fourth-order valence-corrected chi connectivity index (χ4v) is 2.03. The maximum absolute atomic E-state index is 6.16. The Morgan fingerprint density at radius 1 is 1.05 bits per heavy atom. The van der Waals surface area contributed by atoms with Crippen molar-refractivity contribution in [3.05, 3.63) is 58.1 Å². The number of rotatable bonds is 4. The van der Waals surface area contributed by atoms with Gasteiger partial charge in [-0.25, -0.2) is 0 Å². The molecule has 0 saturated carbocycles. The standard InChI is InChI=1S/C16H18ClNO/c1-11-4-7-14(17)16(8-11)19-15-9-13(10-18-3)6-5-12(15)2/h4-9,18H,10H2,1-3H3. The van der Waals surface area contributed by atoms with E-state index in [2.05, 4.69) is 17.4 Å². The first-order chi connectivity index (χ1) is 9.10. The number of aryl methyl sites for hydroxylation is 2. The molecule has 0 spiro atoms. The zero-order chi connectivity index (χ0) is 13.8. The van der Waals surface area contributed by atoms with Gasteiger partial charge in [-0.15, -0.1) is 0 Å². The fraction of sp³-hybridized carbons (Fsp3) is 0.250. The molecular formula is C16H18ClNO. The molecule has 0 aliphatic heterocycles. The molecule has 0 unspecified atom stereocenters. The molecule has 2 nitrogen and oxygen atoms in total. The highest BCUT2D eigenvalue weighted by Gasteiger charge is 2.07. The molecule has 0 bridgehead atoms. The quantitative estimate of drug-likeness (QED) is 0.889. The maximum Gasteiger partial charge on any atom is 0.146 e. The Kier molecular flexibility index (Phi) is 4.46. The van der Waals surface area contributed by atoms with Crippen LogP contribution in [0.15, 0.2) is 36.4 Å². The third-order valence-corrected chi connectivity index (χ3v) is 3.25. The van der Waals surface area contributed by atoms with Crippen molar-refractivity contribution >= 4 is 11.6 Å². The van der Waals surface area contributed by atoms with Gasteiger partial charge in [0.25, 0.3) is 0 Å². The molecule has 19 heavy (non-hydrogen) atoms. The SMILES string of the molecule is CNCc1ccc(C)c(Oc2cc(C)ccc2Cl)c1. The predicted octanol–water partition coefficient (Wildman–Crippen LogP) is 4.47. The number of nitrogens with one attached hydrogen (secondary N) is 1. The predicted molar refractivity (Wildman–Crippen MR) is 80.2 cm³/mol. The van der Waals surface area contributed by atoms with Crippen LogP contribution in [0.3, 0.4) is 0 Å². The van der Waals surface area contributed by atoms with Gasteiger partial charge in [0.2, 0.25) is 0 Å². The van der Waals surface area contributed by atoms with Gasteiger partial charge in [0.05, 0.1) is 5.02 Å². The monoisotopic (exact) mass is 275 g/mol. The molecule has 0 aromatic heterocycles. The summed E-state index contributed by atoms with van der Waals surface area (Å²) >= 11 is 6.16. The molecule has 100 valence electrons. The molecule has 2 aromatic carbocycles. The van der Waals surface area contributed by atoms with E-state index in [4.69, 9.17) is 16.3 Å². The van der Waals surface area contributed by atoms with Crippen LogP contribution in [0, 0.1) is 13.8 Å². The number of hydrogen-bond acceptors (Lipinski definition) is 2. The molecule has 0 fully saturated rings. The minimum atomic E-state index is 0.629. The van der Waals surface area contributed by atoms with Crippen LogP contribution in [0.1, 0.15) is 16.7 Å². The van der Waals surface area contributed by atoms with Gasteiger partial charge in [-0.1, -0.05) is 29.8 Å². The van der Waals surface area contributed by atoms with Gasteiger partial charge in [-0.3, -0.25) is 0 Å². The Balaban J connectivity index is 2.31. The van der Waals surface area contributed by atoms with E-state index >= 15 is 0 Å². The van der Waals surface area contributed by atoms with Crippen molar-refractivity contribution in [3.8, 4) is 11.5 Å². The molecule has 3 heteroatoms. The van der Waals surface area contributed by atoms with Gasteiger partial charge in [0.1, 0.15) is 11.5 Å². The summed E-state index contributed by atoms with van der Waals surface area (Å²) in [6.45, 7) is 4.87. The van der Waals surface area contributed by atoms with Gasteiger partial charge in [0.15, 0.2) is 0 Å². The lowest BCUT2D eigenvalue weighted by Gasteiger charge is -2.12. The second kappa shape index (κ2) is 6.09. The van der Waals surface area contributed by atoms with Crippen LogP contribution < -0.4 is 10.1 Å². The lowest BCUT2D eigenvalue weighted by molar-refractivity contribution is 0.478. The Morgan fingerprint density at radius 3 is 2.58 bits per heavy atom. The zero-order valence-electron chi connectivity index (χ0n) is 11.5. The van der Waals surface area contributed by atoms with Crippen molar-refractivity contribution in [2.75, 3.05) is 7.05 Å². The van der Waals surface area contributed by atoms with E-state index in [0.29, 0.717) is 10.8 Å². The lowest BCUT2D eigenvalue weighted by Crippen LogP contribution is -2.05. The molecular weight excluding hydrogens is 258 g/mol. The Morgan fingerprint density at radius 2 is 1.84 bits per heavy atom. The normalized spacial score (nSPS) is 10.5. The topological polar surface area (TPSA) is 21.3 Å². The molecule has 0 radical (unpaired) electrons. The molecule has 0 heterocycles. The first kappa shape index (κ1) is 13.9. The van der Waals surface area contributed by atoms with Gasteiger partial charge in [0, 0.05) is 6.54 Å². The van der Waals surface area contributed by atoms with E-state index in [1.54, 1.807) is 0 Å². The Hall–Kier alpha value is -1.51. The van der Waals surface area contributed by atoms with Crippen molar-refractivity contribution < 1.29 is 4.74 Å². The van der Waals surface area contributed by atoms with Crippen LogP contribution in [0.25, 0.3) is 0 Å². The van der Waals surface area contributed by atoms with Gasteiger partial charge >= 0.3 is 0 Å². The number of benzene rings is 2. The summed E-state index contributed by atoms with van der Waals surface area (Å²) < 4.78 is 5.95. The molecule has 2 aromatic rings. The second-order valence-corrected chi connectivity index (χ2v) is 5.07. The largest absolute Gasteiger partial charge is 0.456 e. The van der Waals surface area contributed by atoms with Gasteiger partial charge in [-0.2, -0.15) is 0 Å². The van der Waals surface area contributed by atoms with Crippen LogP contribution in [0.5, 0.6) is 11.5 Å². The average Bonchev–Trinajstić information content (AvgIpc) is 2.38. The minimum Gasteiger partial charge on any atom is -0.456 e. The molecule has 1 N–H and O–H groups in total. The van der Waals surface area contributed by atoms with Crippen molar-refractivity contribution in [1.29, 1.82) is 0 Å². The minimum absolute atomic E-state index is 0.629. The van der Waals surface area contributed by atoms with Gasteiger partial charge in [-0.05, 0) is 55.8 Å². The summed E-state index contributed by atoms with van der Waals surface area (Å²) in [6.07, 6.45) is 0. The number of halogens is 1. The molecule has 0 amide bonds. The third-order valence-electron chi connectivity index (χ3n) is 2.94.